The van der Waals surface area contributed by atoms with Gasteiger partial charge in [0.1, 0.15) is 12.6 Å². The van der Waals surface area contributed by atoms with Crippen LogP contribution < -0.4 is 4.89 Å². The second-order valence-corrected chi connectivity index (χ2v) is 5.84. The lowest BCUT2D eigenvalue weighted by Gasteiger charge is -2.32. The van der Waals surface area contributed by atoms with E-state index in [1.165, 1.54) is 0 Å². The quantitative estimate of drug-likeness (QED) is 0.491. The molecule has 0 saturated heterocycles. The average Bonchev–Trinajstić information content (AvgIpc) is 1.99. The Labute approximate surface area is 92.2 Å². The van der Waals surface area contributed by atoms with Gasteiger partial charge in [-0.1, -0.05) is 6.92 Å². The van der Waals surface area contributed by atoms with Gasteiger partial charge in [0.2, 0.25) is 0 Å². The van der Waals surface area contributed by atoms with Crippen molar-refractivity contribution in [2.75, 3.05) is 34.3 Å². The summed E-state index contributed by atoms with van der Waals surface area (Å²) < 4.78 is 21.4. The predicted molar refractivity (Wildman–Crippen MR) is 57.3 cm³/mol. The summed E-state index contributed by atoms with van der Waals surface area (Å²) >= 11 is 0. The molecule has 0 aliphatic carbocycles. The van der Waals surface area contributed by atoms with Gasteiger partial charge in [0.05, 0.1) is 27.7 Å². The van der Waals surface area contributed by atoms with E-state index in [4.69, 9.17) is 4.52 Å². The summed E-state index contributed by atoms with van der Waals surface area (Å²) in [4.78, 5) is 11.3. The van der Waals surface area contributed by atoms with E-state index < -0.39 is 7.82 Å². The third kappa shape index (κ3) is 7.94. The van der Waals surface area contributed by atoms with Crippen LogP contribution in [0.5, 0.6) is 0 Å². The van der Waals surface area contributed by atoms with Crippen LogP contribution in [0, 0.1) is 0 Å². The van der Waals surface area contributed by atoms with Crippen molar-refractivity contribution in [3.63, 3.8) is 0 Å². The lowest BCUT2D eigenvalue weighted by molar-refractivity contribution is -0.873. The molecule has 6 heteroatoms. The Hall–Kier alpha value is 0.0700. The lowest BCUT2D eigenvalue weighted by Crippen LogP contribution is -2.42. The molecular weight excluding hydrogens is 217 g/mol. The Morgan fingerprint density at radius 1 is 1.33 bits per heavy atom. The molecule has 0 rings (SSSR count). The van der Waals surface area contributed by atoms with Crippen LogP contribution in [0.25, 0.3) is 0 Å². The Kier molecular flexibility index (Phi) is 5.99. The normalized spacial score (nSPS) is 18.5. The van der Waals surface area contributed by atoms with Crippen LogP contribution in [0.1, 0.15) is 20.3 Å². The van der Waals surface area contributed by atoms with Crippen LogP contribution in [0.2, 0.25) is 0 Å². The summed E-state index contributed by atoms with van der Waals surface area (Å²) in [5.74, 6) is 0. The minimum atomic E-state index is -4.11. The summed E-state index contributed by atoms with van der Waals surface area (Å²) in [6.07, 6.45) is 0.328. The van der Waals surface area contributed by atoms with E-state index in [0.717, 1.165) is 0 Å². The fourth-order valence-corrected chi connectivity index (χ4v) is 2.18. The number of nitrogens with zero attached hydrogens (tertiary/aromatic N) is 1. The van der Waals surface area contributed by atoms with Crippen molar-refractivity contribution in [3.8, 4) is 0 Å². The van der Waals surface area contributed by atoms with Gasteiger partial charge in [0.15, 0.2) is 0 Å². The summed E-state index contributed by atoms with van der Waals surface area (Å²) in [6, 6.07) is 0. The highest BCUT2D eigenvalue weighted by atomic mass is 31.2. The first-order valence-electron chi connectivity index (χ1n) is 5.14. The van der Waals surface area contributed by atoms with E-state index in [2.05, 4.69) is 4.52 Å². The molecule has 0 fully saturated rings. The van der Waals surface area contributed by atoms with Crippen molar-refractivity contribution < 1.29 is 23.0 Å². The van der Waals surface area contributed by atoms with Gasteiger partial charge in [-0.15, -0.1) is 0 Å². The van der Waals surface area contributed by atoms with Gasteiger partial charge in [-0.3, -0.25) is 4.57 Å². The highest BCUT2D eigenvalue weighted by Gasteiger charge is 2.22. The minimum absolute atomic E-state index is 0.113. The van der Waals surface area contributed by atoms with Crippen molar-refractivity contribution in [1.29, 1.82) is 0 Å². The van der Waals surface area contributed by atoms with Crippen molar-refractivity contribution >= 4 is 7.82 Å². The first-order valence-corrected chi connectivity index (χ1v) is 6.60. The van der Waals surface area contributed by atoms with E-state index in [-0.39, 0.29) is 12.7 Å². The topological polar surface area (TPSA) is 58.6 Å². The Balaban J connectivity index is 4.27. The molecule has 0 aliphatic rings. The van der Waals surface area contributed by atoms with E-state index >= 15 is 0 Å². The Morgan fingerprint density at radius 2 is 1.87 bits per heavy atom. The summed E-state index contributed by atoms with van der Waals surface area (Å²) in [7, 11) is 1.85. The molecule has 0 N–H and O–H groups in total. The maximum atomic E-state index is 11.3. The molecule has 2 atom stereocenters. The Morgan fingerprint density at radius 3 is 2.20 bits per heavy atom. The standard InChI is InChI=1S/C9H22NO4P/c1-6-9(8-10(3,4)5)14-15(11,12)13-7-2/h9H,6-8H2,1-5H3. The summed E-state index contributed by atoms with van der Waals surface area (Å²) in [5, 5.41) is 0. The molecule has 0 saturated carbocycles. The molecule has 0 spiro atoms. The second kappa shape index (κ2) is 5.97. The molecule has 0 aromatic carbocycles. The fourth-order valence-electron chi connectivity index (χ4n) is 1.22. The molecule has 15 heavy (non-hydrogen) atoms. The smallest absolute Gasteiger partial charge is 0.268 e. The summed E-state index contributed by atoms with van der Waals surface area (Å²) in [5.41, 5.74) is 0. The molecule has 0 aromatic heterocycles. The first kappa shape index (κ1) is 15.1. The maximum Gasteiger partial charge on any atom is 0.268 e. The Bertz CT molecular complexity index is 227. The molecule has 0 amide bonds. The van der Waals surface area contributed by atoms with Gasteiger partial charge < -0.3 is 18.4 Å². The number of hydrogen-bond donors (Lipinski definition) is 0. The molecule has 2 unspecified atom stereocenters. The number of quaternary nitrogens is 1. The van der Waals surface area contributed by atoms with Crippen LogP contribution in [-0.2, 0) is 13.6 Å². The maximum absolute atomic E-state index is 11.3. The minimum Gasteiger partial charge on any atom is -0.756 e. The van der Waals surface area contributed by atoms with Gasteiger partial charge in [0.25, 0.3) is 7.82 Å². The van der Waals surface area contributed by atoms with Gasteiger partial charge in [-0.05, 0) is 13.3 Å². The van der Waals surface area contributed by atoms with Crippen LogP contribution >= 0.6 is 7.82 Å². The van der Waals surface area contributed by atoms with E-state index in [1.807, 2.05) is 28.1 Å². The second-order valence-electron chi connectivity index (χ2n) is 4.47. The monoisotopic (exact) mass is 239 g/mol. The zero-order valence-electron chi connectivity index (χ0n) is 10.2. The number of rotatable bonds is 7. The van der Waals surface area contributed by atoms with Crippen molar-refractivity contribution in [1.82, 2.24) is 0 Å². The molecule has 92 valence electrons. The van der Waals surface area contributed by atoms with Gasteiger partial charge in [-0.25, -0.2) is 0 Å². The van der Waals surface area contributed by atoms with Gasteiger partial charge in [-0.2, -0.15) is 0 Å². The van der Waals surface area contributed by atoms with E-state index in [0.29, 0.717) is 17.4 Å². The zero-order chi connectivity index (χ0) is 12.1. The van der Waals surface area contributed by atoms with Gasteiger partial charge >= 0.3 is 0 Å². The molecule has 0 aromatic rings. The number of likely N-dealkylation sites (N-methyl/N-ethyl adjacent to an activating group) is 1. The number of hydrogen-bond acceptors (Lipinski definition) is 4. The summed E-state index contributed by atoms with van der Waals surface area (Å²) in [6.45, 7) is 4.26. The van der Waals surface area contributed by atoms with Crippen molar-refractivity contribution in [3.05, 3.63) is 0 Å². The molecule has 5 nitrogen and oxygen atoms in total. The third-order valence-electron chi connectivity index (χ3n) is 1.77. The van der Waals surface area contributed by atoms with Crippen LogP contribution in [0.4, 0.5) is 0 Å². The van der Waals surface area contributed by atoms with Crippen molar-refractivity contribution in [2.45, 2.75) is 26.4 Å². The highest BCUT2D eigenvalue weighted by molar-refractivity contribution is 7.45. The molecule has 0 aliphatic heterocycles. The van der Waals surface area contributed by atoms with E-state index in [1.54, 1.807) is 6.92 Å². The SMILES string of the molecule is CCOP(=O)([O-])OC(CC)C[N+](C)(C)C. The fraction of sp³-hybridized carbons (Fsp3) is 1.00. The van der Waals surface area contributed by atoms with Crippen LogP contribution in [0.3, 0.4) is 0 Å². The van der Waals surface area contributed by atoms with Gasteiger partial charge in [0, 0.05) is 0 Å². The molecule has 0 radical (unpaired) electrons. The number of phosphoric ester groups is 1. The molecule has 0 heterocycles. The highest BCUT2D eigenvalue weighted by Crippen LogP contribution is 2.40. The van der Waals surface area contributed by atoms with E-state index in [9.17, 15) is 9.46 Å². The zero-order valence-corrected chi connectivity index (χ0v) is 11.1. The molecular formula is C9H22NO4P. The number of phosphoric acid groups is 1. The van der Waals surface area contributed by atoms with Crippen LogP contribution in [0.15, 0.2) is 0 Å². The predicted octanol–water partition coefficient (Wildman–Crippen LogP) is 0.993. The lowest BCUT2D eigenvalue weighted by atomic mass is 10.2. The molecule has 0 bridgehead atoms. The average molecular weight is 239 g/mol. The third-order valence-corrected chi connectivity index (χ3v) is 2.90. The first-order chi connectivity index (χ1) is 6.70. The van der Waals surface area contributed by atoms with Crippen molar-refractivity contribution in [2.24, 2.45) is 0 Å². The largest absolute Gasteiger partial charge is 0.756 e. The van der Waals surface area contributed by atoms with Crippen LogP contribution in [-0.4, -0.2) is 44.9 Å².